The Hall–Kier alpha value is -1.81. The maximum atomic E-state index is 6.07. The molecule has 0 aliphatic rings. The Morgan fingerprint density at radius 3 is 2.48 bits per heavy atom. The number of benzene rings is 1. The van der Waals surface area contributed by atoms with Gasteiger partial charge in [0.2, 0.25) is 0 Å². The average molecular weight is 287 g/mol. The number of hydrogen-bond donors (Lipinski definition) is 1. The minimum absolute atomic E-state index is 0.488. The van der Waals surface area contributed by atoms with Crippen LogP contribution in [0.1, 0.15) is 36.4 Å². The molecule has 0 radical (unpaired) electrons. The molecule has 0 unspecified atom stereocenters. The molecule has 1 aromatic heterocycles. The summed E-state index contributed by atoms with van der Waals surface area (Å²) in [5.41, 5.74) is 4.37. The van der Waals surface area contributed by atoms with E-state index in [1.54, 1.807) is 0 Å². The Labute approximate surface area is 127 Å². The van der Waals surface area contributed by atoms with Gasteiger partial charge >= 0.3 is 0 Å². The first kappa shape index (κ1) is 15.6. The third kappa shape index (κ3) is 3.64. The molecule has 2 rings (SSSR count). The predicted octanol–water partition coefficient (Wildman–Crippen LogP) is 3.64. The number of nitrogens with one attached hydrogen (secondary N) is 1. The molecule has 0 spiro atoms. The average Bonchev–Trinajstić information content (AvgIpc) is 2.65. The fourth-order valence-corrected chi connectivity index (χ4v) is 2.27. The topological polar surface area (TPSA) is 39.1 Å². The lowest BCUT2D eigenvalue weighted by molar-refractivity contribution is 0.470. The third-order valence-corrected chi connectivity index (χ3v) is 3.61. The van der Waals surface area contributed by atoms with Crippen LogP contribution in [0.2, 0.25) is 0 Å². The van der Waals surface area contributed by atoms with Gasteiger partial charge in [0.25, 0.3) is 0 Å². The molecule has 0 aliphatic carbocycles. The Morgan fingerprint density at radius 1 is 1.24 bits per heavy atom. The fourth-order valence-electron chi connectivity index (χ4n) is 2.27. The first-order valence-electron chi connectivity index (χ1n) is 7.39. The monoisotopic (exact) mass is 287 g/mol. The summed E-state index contributed by atoms with van der Waals surface area (Å²) in [6.07, 6.45) is 0. The number of aromatic nitrogens is 2. The normalized spacial score (nSPS) is 11.2. The van der Waals surface area contributed by atoms with Crippen molar-refractivity contribution in [2.45, 2.75) is 47.2 Å². The van der Waals surface area contributed by atoms with Crippen molar-refractivity contribution in [3.8, 4) is 11.5 Å². The Bertz CT molecular complexity index is 629. The summed E-state index contributed by atoms with van der Waals surface area (Å²) < 4.78 is 7.92. The van der Waals surface area contributed by atoms with E-state index in [0.29, 0.717) is 6.04 Å². The zero-order valence-electron chi connectivity index (χ0n) is 13.8. The highest BCUT2D eigenvalue weighted by Gasteiger charge is 2.13. The van der Waals surface area contributed by atoms with E-state index in [0.717, 1.165) is 35.0 Å². The highest BCUT2D eigenvalue weighted by molar-refractivity contribution is 5.42. The molecule has 0 atom stereocenters. The summed E-state index contributed by atoms with van der Waals surface area (Å²) >= 11 is 0. The van der Waals surface area contributed by atoms with Gasteiger partial charge in [0, 0.05) is 19.6 Å². The van der Waals surface area contributed by atoms with Crippen molar-refractivity contribution in [3.63, 3.8) is 0 Å². The van der Waals surface area contributed by atoms with E-state index in [9.17, 15) is 0 Å². The van der Waals surface area contributed by atoms with Gasteiger partial charge in [-0.15, -0.1) is 0 Å². The van der Waals surface area contributed by atoms with Gasteiger partial charge in [-0.25, -0.2) is 0 Å². The zero-order valence-corrected chi connectivity index (χ0v) is 13.8. The quantitative estimate of drug-likeness (QED) is 0.912. The van der Waals surface area contributed by atoms with Crippen molar-refractivity contribution < 1.29 is 4.74 Å². The highest BCUT2D eigenvalue weighted by Crippen LogP contribution is 2.30. The number of ether oxygens (including phenoxy) is 1. The lowest BCUT2D eigenvalue weighted by atomic mass is 10.1. The first-order chi connectivity index (χ1) is 9.88. The standard InChI is InChI=1S/C17H25N3O/c1-11(2)18-10-15-7-8-16(12(3)9-15)21-17-13(4)19-20(6)14(17)5/h7-9,11,18H,10H2,1-6H3. The van der Waals surface area contributed by atoms with E-state index in [2.05, 4.69) is 43.3 Å². The van der Waals surface area contributed by atoms with Crippen LogP contribution in [0.5, 0.6) is 11.5 Å². The van der Waals surface area contributed by atoms with Gasteiger partial charge in [-0.05, 0) is 38.0 Å². The molecule has 0 fully saturated rings. The van der Waals surface area contributed by atoms with Crippen molar-refractivity contribution >= 4 is 0 Å². The third-order valence-electron chi connectivity index (χ3n) is 3.61. The summed E-state index contributed by atoms with van der Waals surface area (Å²) in [5.74, 6) is 1.75. The second kappa shape index (κ2) is 6.31. The molecule has 114 valence electrons. The van der Waals surface area contributed by atoms with Gasteiger partial charge in [0.1, 0.15) is 11.4 Å². The fraction of sp³-hybridized carbons (Fsp3) is 0.471. The van der Waals surface area contributed by atoms with Crippen LogP contribution in [0.4, 0.5) is 0 Å². The summed E-state index contributed by atoms with van der Waals surface area (Å²) in [6, 6.07) is 6.81. The molecule has 21 heavy (non-hydrogen) atoms. The van der Waals surface area contributed by atoms with Crippen molar-refractivity contribution in [1.29, 1.82) is 0 Å². The molecule has 0 saturated heterocycles. The first-order valence-corrected chi connectivity index (χ1v) is 7.39. The minimum atomic E-state index is 0.488. The van der Waals surface area contributed by atoms with Gasteiger partial charge in [0.15, 0.2) is 5.75 Å². The summed E-state index contributed by atoms with van der Waals surface area (Å²) in [6.45, 7) is 11.2. The zero-order chi connectivity index (χ0) is 15.6. The van der Waals surface area contributed by atoms with Gasteiger partial charge in [0.05, 0.1) is 5.69 Å². The van der Waals surface area contributed by atoms with Crippen LogP contribution in [0.15, 0.2) is 18.2 Å². The van der Waals surface area contributed by atoms with Gasteiger partial charge in [-0.3, -0.25) is 4.68 Å². The van der Waals surface area contributed by atoms with E-state index < -0.39 is 0 Å². The molecule has 4 nitrogen and oxygen atoms in total. The molecule has 0 saturated carbocycles. The lowest BCUT2D eigenvalue weighted by Gasteiger charge is -2.12. The van der Waals surface area contributed by atoms with Crippen LogP contribution in [0, 0.1) is 20.8 Å². The molecule has 0 amide bonds. The van der Waals surface area contributed by atoms with E-state index in [1.165, 1.54) is 5.56 Å². The summed E-state index contributed by atoms with van der Waals surface area (Å²) in [4.78, 5) is 0. The number of aryl methyl sites for hydroxylation is 3. The molecule has 2 aromatic rings. The van der Waals surface area contributed by atoms with Crippen molar-refractivity contribution in [3.05, 3.63) is 40.7 Å². The maximum absolute atomic E-state index is 6.07. The van der Waals surface area contributed by atoms with Crippen LogP contribution < -0.4 is 10.1 Å². The second-order valence-corrected chi connectivity index (χ2v) is 5.86. The van der Waals surface area contributed by atoms with Gasteiger partial charge in [-0.1, -0.05) is 26.0 Å². The van der Waals surface area contributed by atoms with E-state index in [1.807, 2.05) is 31.6 Å². The van der Waals surface area contributed by atoms with Crippen LogP contribution in [0.3, 0.4) is 0 Å². The lowest BCUT2D eigenvalue weighted by Crippen LogP contribution is -2.21. The number of hydrogen-bond acceptors (Lipinski definition) is 3. The second-order valence-electron chi connectivity index (χ2n) is 5.86. The molecule has 0 aliphatic heterocycles. The minimum Gasteiger partial charge on any atom is -0.453 e. The Morgan fingerprint density at radius 2 is 1.95 bits per heavy atom. The van der Waals surface area contributed by atoms with E-state index >= 15 is 0 Å². The van der Waals surface area contributed by atoms with Gasteiger partial charge in [-0.2, -0.15) is 5.10 Å². The number of nitrogens with zero attached hydrogens (tertiary/aromatic N) is 2. The molecular weight excluding hydrogens is 262 g/mol. The molecule has 1 N–H and O–H groups in total. The summed E-state index contributed by atoms with van der Waals surface area (Å²) in [7, 11) is 1.93. The predicted molar refractivity (Wildman–Crippen MR) is 85.9 cm³/mol. The molecule has 4 heteroatoms. The van der Waals surface area contributed by atoms with Crippen LogP contribution in [-0.2, 0) is 13.6 Å². The number of rotatable bonds is 5. The SMILES string of the molecule is Cc1cc(CNC(C)C)ccc1Oc1c(C)nn(C)c1C. The van der Waals surface area contributed by atoms with Crippen LogP contribution in [0.25, 0.3) is 0 Å². The molecular formula is C17H25N3O. The smallest absolute Gasteiger partial charge is 0.171 e. The van der Waals surface area contributed by atoms with E-state index in [-0.39, 0.29) is 0 Å². The summed E-state index contributed by atoms with van der Waals surface area (Å²) in [5, 5.41) is 7.81. The molecule has 0 bridgehead atoms. The van der Waals surface area contributed by atoms with Crippen LogP contribution >= 0.6 is 0 Å². The molecule has 1 aromatic carbocycles. The van der Waals surface area contributed by atoms with Crippen molar-refractivity contribution in [2.24, 2.45) is 7.05 Å². The highest BCUT2D eigenvalue weighted by atomic mass is 16.5. The maximum Gasteiger partial charge on any atom is 0.171 e. The van der Waals surface area contributed by atoms with Crippen molar-refractivity contribution in [1.82, 2.24) is 15.1 Å². The van der Waals surface area contributed by atoms with Crippen molar-refractivity contribution in [2.75, 3.05) is 0 Å². The van der Waals surface area contributed by atoms with Gasteiger partial charge < -0.3 is 10.1 Å². The largest absolute Gasteiger partial charge is 0.453 e. The molecule has 1 heterocycles. The van der Waals surface area contributed by atoms with Crippen LogP contribution in [-0.4, -0.2) is 15.8 Å². The van der Waals surface area contributed by atoms with E-state index in [4.69, 9.17) is 4.74 Å². The Balaban J connectivity index is 2.17. The Kier molecular flexibility index (Phi) is 4.68.